The average molecular weight is 725 g/mol. The summed E-state index contributed by atoms with van der Waals surface area (Å²) in [5.74, 6) is 0.141. The minimum absolute atomic E-state index is 0.178. The van der Waals surface area contributed by atoms with Gasteiger partial charge in [-0.25, -0.2) is 13.1 Å². The van der Waals surface area contributed by atoms with E-state index in [9.17, 15) is 23.3 Å². The number of hydrogen-bond donors (Lipinski definition) is 2. The Morgan fingerprint density at radius 3 is 2.37 bits per heavy atom. The fourth-order valence-corrected chi connectivity index (χ4v) is 9.61. The van der Waals surface area contributed by atoms with E-state index in [-0.39, 0.29) is 32.7 Å². The summed E-state index contributed by atoms with van der Waals surface area (Å²) in [5, 5.41) is 14.9. The number of allylic oxidation sites excluding steroid dienone is 2. The number of nitro benzene ring substituents is 1. The van der Waals surface area contributed by atoms with Crippen molar-refractivity contribution >= 4 is 44.6 Å². The van der Waals surface area contributed by atoms with E-state index < -0.39 is 20.9 Å². The molecule has 52 heavy (non-hydrogen) atoms. The summed E-state index contributed by atoms with van der Waals surface area (Å²) >= 11 is 0. The average Bonchev–Trinajstić information content (AvgIpc) is 3.49. The van der Waals surface area contributed by atoms with E-state index in [1.165, 1.54) is 47.2 Å². The van der Waals surface area contributed by atoms with Crippen molar-refractivity contribution in [3.63, 3.8) is 0 Å². The Hall–Kier alpha value is -4.48. The highest BCUT2D eigenvalue weighted by molar-refractivity contribution is 7.90. The predicted molar refractivity (Wildman–Crippen MR) is 205 cm³/mol. The normalized spacial score (nSPS) is 22.9. The molecule has 2 aliphatic carbocycles. The van der Waals surface area contributed by atoms with Crippen LogP contribution in [0.2, 0.25) is 0 Å². The second-order valence-electron chi connectivity index (χ2n) is 15.5. The number of sulfonamides is 1. The molecule has 2 N–H and O–H groups in total. The van der Waals surface area contributed by atoms with Gasteiger partial charge in [-0.3, -0.25) is 14.9 Å². The van der Waals surface area contributed by atoms with Crippen molar-refractivity contribution in [3.8, 4) is 0 Å². The van der Waals surface area contributed by atoms with Crippen LogP contribution >= 0.6 is 0 Å². The van der Waals surface area contributed by atoms with E-state index in [0.29, 0.717) is 31.6 Å². The van der Waals surface area contributed by atoms with E-state index in [1.807, 2.05) is 12.1 Å². The van der Waals surface area contributed by atoms with Gasteiger partial charge in [-0.05, 0) is 114 Å². The summed E-state index contributed by atoms with van der Waals surface area (Å²) in [7, 11) is -4.37. The van der Waals surface area contributed by atoms with E-state index in [2.05, 4.69) is 72.1 Å². The largest absolute Gasteiger partial charge is 0.381 e. The number of piperidine rings is 1. The van der Waals surface area contributed by atoms with Gasteiger partial charge in [-0.1, -0.05) is 62.8 Å². The van der Waals surface area contributed by atoms with Gasteiger partial charge in [0.2, 0.25) is 0 Å². The van der Waals surface area contributed by atoms with Crippen LogP contribution in [0.5, 0.6) is 0 Å². The molecular weight excluding hydrogens is 677 g/mol. The molecule has 2 atom stereocenters. The lowest BCUT2D eigenvalue weighted by Gasteiger charge is -2.38. The quantitative estimate of drug-likeness (QED) is 0.159. The molecule has 0 spiro atoms. The summed E-state index contributed by atoms with van der Waals surface area (Å²) in [6, 6.07) is 19.3. The number of benzene rings is 3. The molecule has 2 bridgehead atoms. The predicted octanol–water partition coefficient (Wildman–Crippen LogP) is 8.08. The van der Waals surface area contributed by atoms with Crippen LogP contribution in [0.15, 0.2) is 83.3 Å². The number of rotatable bonds is 10. The lowest BCUT2D eigenvalue weighted by molar-refractivity contribution is -0.384. The zero-order valence-corrected chi connectivity index (χ0v) is 31.0. The third-order valence-electron chi connectivity index (χ3n) is 12.4. The van der Waals surface area contributed by atoms with Crippen molar-refractivity contribution in [2.45, 2.75) is 64.2 Å². The highest BCUT2D eigenvalue weighted by atomic mass is 32.2. The lowest BCUT2D eigenvalue weighted by Crippen LogP contribution is -2.31. The molecule has 1 saturated carbocycles. The minimum atomic E-state index is -4.37. The first-order valence-corrected chi connectivity index (χ1v) is 19.9. The van der Waals surface area contributed by atoms with Crippen LogP contribution in [-0.4, -0.2) is 52.1 Å². The SMILES string of the molecule is CC12CC[C@H](C=C1c1ccccc1C=C1CCN(c3ccc(C(=O)NS(=O)(=O)c4ccc(NCC5CCOCC5)c([N+](=O)[O-])c4)cc3)CC1)C2(C)C. The molecule has 2 saturated heterocycles. The van der Waals surface area contributed by atoms with E-state index >= 15 is 0 Å². The first kappa shape index (κ1) is 35.9. The first-order valence-electron chi connectivity index (χ1n) is 18.4. The molecule has 274 valence electrons. The van der Waals surface area contributed by atoms with Crippen molar-refractivity contribution in [2.24, 2.45) is 22.7 Å². The van der Waals surface area contributed by atoms with Gasteiger partial charge in [0, 0.05) is 50.2 Å². The molecule has 1 unspecified atom stereocenters. The standard InChI is InChI=1S/C41H48N4O6S/c1-40(2)32-14-19-41(40,3)36(25-32)35-7-5-4-6-31(35)24-28-15-20-44(21-16-28)33-10-8-30(9-11-33)39(46)43-52(49,50)34-12-13-37(38(26-34)45(47)48)42-27-29-17-22-51-23-18-29/h4-13,24-26,29,32,42H,14-23,27H2,1-3H3,(H,43,46)/t32-,41?/m1/s1. The Labute approximate surface area is 306 Å². The molecule has 11 heteroatoms. The van der Waals surface area contributed by atoms with E-state index in [1.54, 1.807) is 12.1 Å². The molecule has 2 aliphatic heterocycles. The highest BCUT2D eigenvalue weighted by Crippen LogP contribution is 2.67. The third kappa shape index (κ3) is 6.88. The topological polar surface area (TPSA) is 131 Å². The third-order valence-corrected chi connectivity index (χ3v) is 13.7. The number of hydrogen-bond acceptors (Lipinski definition) is 8. The molecule has 10 nitrogen and oxygen atoms in total. The maximum absolute atomic E-state index is 13.2. The van der Waals surface area contributed by atoms with Crippen LogP contribution in [0.1, 0.15) is 80.8 Å². The molecule has 2 heterocycles. The number of nitrogens with zero attached hydrogens (tertiary/aromatic N) is 2. The molecule has 7 rings (SSSR count). The highest BCUT2D eigenvalue weighted by Gasteiger charge is 2.57. The minimum Gasteiger partial charge on any atom is -0.381 e. The van der Waals surface area contributed by atoms with Gasteiger partial charge < -0.3 is 15.0 Å². The summed E-state index contributed by atoms with van der Waals surface area (Å²) in [5.41, 5.74) is 7.04. The maximum atomic E-state index is 13.2. The van der Waals surface area contributed by atoms with Crippen molar-refractivity contribution in [3.05, 3.63) is 105 Å². The van der Waals surface area contributed by atoms with Gasteiger partial charge >= 0.3 is 0 Å². The Morgan fingerprint density at radius 1 is 1.00 bits per heavy atom. The lowest BCUT2D eigenvalue weighted by atomic mass is 9.66. The van der Waals surface area contributed by atoms with Crippen LogP contribution in [0.4, 0.5) is 17.1 Å². The Morgan fingerprint density at radius 2 is 1.71 bits per heavy atom. The smallest absolute Gasteiger partial charge is 0.293 e. The van der Waals surface area contributed by atoms with E-state index in [0.717, 1.165) is 50.5 Å². The molecule has 3 aromatic rings. The Kier molecular flexibility index (Phi) is 9.77. The molecule has 0 radical (unpaired) electrons. The zero-order valence-electron chi connectivity index (χ0n) is 30.2. The van der Waals surface area contributed by atoms with Gasteiger partial charge in [-0.2, -0.15) is 0 Å². The van der Waals surface area contributed by atoms with Crippen LogP contribution in [0.3, 0.4) is 0 Å². The van der Waals surface area contributed by atoms with Gasteiger partial charge in [0.15, 0.2) is 0 Å². The van der Waals surface area contributed by atoms with Crippen LogP contribution in [0, 0.1) is 32.8 Å². The molecule has 3 fully saturated rings. The first-order chi connectivity index (χ1) is 24.9. The van der Waals surface area contributed by atoms with Gasteiger partial charge in [0.05, 0.1) is 9.82 Å². The number of fused-ring (bicyclic) bond motifs is 2. The van der Waals surface area contributed by atoms with Gasteiger partial charge in [0.1, 0.15) is 5.69 Å². The number of ether oxygens (including phenoxy) is 1. The fourth-order valence-electron chi connectivity index (χ4n) is 8.61. The summed E-state index contributed by atoms with van der Waals surface area (Å²) in [4.78, 5) is 26.2. The van der Waals surface area contributed by atoms with Crippen molar-refractivity contribution in [1.29, 1.82) is 0 Å². The summed E-state index contributed by atoms with van der Waals surface area (Å²) < 4.78 is 33.7. The number of anilines is 2. The number of carbonyl (C=O) groups is 1. The zero-order chi connectivity index (χ0) is 36.7. The Balaban J connectivity index is 0.971. The molecule has 3 aromatic carbocycles. The second kappa shape index (κ2) is 14.2. The van der Waals surface area contributed by atoms with Crippen LogP contribution in [0.25, 0.3) is 11.6 Å². The number of carbonyl (C=O) groups excluding carboxylic acids is 1. The molecule has 4 aliphatic rings. The van der Waals surface area contributed by atoms with Crippen LogP contribution < -0.4 is 14.9 Å². The number of amides is 1. The van der Waals surface area contributed by atoms with Gasteiger partial charge in [0.25, 0.3) is 21.6 Å². The van der Waals surface area contributed by atoms with Crippen LogP contribution in [-0.2, 0) is 14.8 Å². The second-order valence-corrected chi connectivity index (χ2v) is 17.2. The Bertz CT molecular complexity index is 2020. The fraction of sp³-hybridized carbons (Fsp3) is 0.439. The maximum Gasteiger partial charge on any atom is 0.293 e. The summed E-state index contributed by atoms with van der Waals surface area (Å²) in [6.07, 6.45) is 11.0. The molecule has 0 aromatic heterocycles. The summed E-state index contributed by atoms with van der Waals surface area (Å²) in [6.45, 7) is 10.8. The van der Waals surface area contributed by atoms with E-state index in [4.69, 9.17) is 4.74 Å². The van der Waals surface area contributed by atoms with Crippen molar-refractivity contribution in [1.82, 2.24) is 4.72 Å². The number of nitrogens with one attached hydrogen (secondary N) is 2. The van der Waals surface area contributed by atoms with Crippen molar-refractivity contribution in [2.75, 3.05) is 43.1 Å². The van der Waals surface area contributed by atoms with Gasteiger partial charge in [-0.15, -0.1) is 0 Å². The number of nitro groups is 1. The molecular formula is C41H48N4O6S. The molecule has 1 amide bonds. The monoisotopic (exact) mass is 724 g/mol. The van der Waals surface area contributed by atoms with Crippen molar-refractivity contribution < 1.29 is 22.9 Å².